The molecule has 2 rings (SSSR count). The second-order valence-corrected chi connectivity index (χ2v) is 5.17. The molecular weight excluding hydrogens is 238 g/mol. The number of carbonyl (C=O) groups excluding carboxylic acids is 1. The van der Waals surface area contributed by atoms with Crippen molar-refractivity contribution in [3.05, 3.63) is 35.4 Å². The lowest BCUT2D eigenvalue weighted by molar-refractivity contribution is 0.0637. The minimum Gasteiger partial charge on any atom is -0.395 e. The van der Waals surface area contributed by atoms with Crippen molar-refractivity contribution in [2.24, 2.45) is 0 Å². The number of amides is 1. The topological polar surface area (TPSA) is 40.5 Å². The van der Waals surface area contributed by atoms with Crippen LogP contribution in [0.25, 0.3) is 0 Å². The summed E-state index contributed by atoms with van der Waals surface area (Å²) in [5, 5.41) is 9.23. The molecule has 0 heterocycles. The summed E-state index contributed by atoms with van der Waals surface area (Å²) in [4.78, 5) is 14.6. The fourth-order valence-electron chi connectivity index (χ4n) is 2.97. The number of aliphatic hydroxyl groups excluding tert-OH is 1. The zero-order valence-corrected chi connectivity index (χ0v) is 11.6. The second-order valence-electron chi connectivity index (χ2n) is 5.17. The lowest BCUT2D eigenvalue weighted by Crippen LogP contribution is -2.41. The fraction of sp³-hybridized carbons (Fsp3) is 0.562. The smallest absolute Gasteiger partial charge is 0.254 e. The summed E-state index contributed by atoms with van der Waals surface area (Å²) in [6.07, 6.45) is 5.38. The maximum Gasteiger partial charge on any atom is 0.254 e. The molecule has 3 nitrogen and oxygen atoms in total. The van der Waals surface area contributed by atoms with Crippen LogP contribution in [0.4, 0.5) is 0 Å². The van der Waals surface area contributed by atoms with E-state index in [0.29, 0.717) is 12.6 Å². The summed E-state index contributed by atoms with van der Waals surface area (Å²) in [5.74, 6) is 0.0819. The highest BCUT2D eigenvalue weighted by molar-refractivity contribution is 5.96. The largest absolute Gasteiger partial charge is 0.395 e. The van der Waals surface area contributed by atoms with E-state index in [1.165, 1.54) is 12.8 Å². The zero-order valence-electron chi connectivity index (χ0n) is 11.6. The second kappa shape index (κ2) is 6.71. The molecule has 0 atom stereocenters. The average Bonchev–Trinajstić information content (AvgIpc) is 2.98. The van der Waals surface area contributed by atoms with Crippen LogP contribution < -0.4 is 0 Å². The van der Waals surface area contributed by atoms with Gasteiger partial charge in [0.25, 0.3) is 5.91 Å². The maximum absolute atomic E-state index is 12.7. The molecule has 0 aliphatic heterocycles. The van der Waals surface area contributed by atoms with Crippen LogP contribution in [0.15, 0.2) is 24.3 Å². The van der Waals surface area contributed by atoms with Gasteiger partial charge in [0.15, 0.2) is 0 Å². The quantitative estimate of drug-likeness (QED) is 0.885. The van der Waals surface area contributed by atoms with Gasteiger partial charge in [0.05, 0.1) is 6.61 Å². The van der Waals surface area contributed by atoms with Gasteiger partial charge in [0.1, 0.15) is 0 Å². The lowest BCUT2D eigenvalue weighted by Gasteiger charge is -2.29. The first kappa shape index (κ1) is 14.1. The van der Waals surface area contributed by atoms with Crippen LogP contribution in [0.2, 0.25) is 0 Å². The van der Waals surface area contributed by atoms with Crippen molar-refractivity contribution in [1.82, 2.24) is 4.90 Å². The number of aryl methyl sites for hydroxylation is 1. The molecule has 1 aromatic carbocycles. The summed E-state index contributed by atoms with van der Waals surface area (Å²) >= 11 is 0. The van der Waals surface area contributed by atoms with Gasteiger partial charge in [0.2, 0.25) is 0 Å². The van der Waals surface area contributed by atoms with Crippen molar-refractivity contribution in [3.8, 4) is 0 Å². The van der Waals surface area contributed by atoms with Crippen LogP contribution in [-0.4, -0.2) is 35.1 Å². The molecule has 0 spiro atoms. The van der Waals surface area contributed by atoms with Gasteiger partial charge in [-0.3, -0.25) is 4.79 Å². The third-order valence-electron chi connectivity index (χ3n) is 4.00. The number of rotatable bonds is 5. The van der Waals surface area contributed by atoms with Gasteiger partial charge < -0.3 is 10.0 Å². The Kier molecular flexibility index (Phi) is 4.97. The number of aliphatic hydroxyl groups is 1. The van der Waals surface area contributed by atoms with Crippen LogP contribution in [0.1, 0.15) is 48.5 Å². The Morgan fingerprint density at radius 2 is 2.00 bits per heavy atom. The molecule has 0 bridgehead atoms. The molecule has 1 aliphatic rings. The minimum atomic E-state index is 0.0382. The number of carbonyl (C=O) groups is 1. The summed E-state index contributed by atoms with van der Waals surface area (Å²) < 4.78 is 0. The number of benzene rings is 1. The lowest BCUT2D eigenvalue weighted by atomic mass is 10.0. The van der Waals surface area contributed by atoms with E-state index in [-0.39, 0.29) is 12.5 Å². The van der Waals surface area contributed by atoms with Gasteiger partial charge in [-0.15, -0.1) is 0 Å². The van der Waals surface area contributed by atoms with E-state index in [2.05, 4.69) is 6.92 Å². The van der Waals surface area contributed by atoms with Crippen LogP contribution in [0.3, 0.4) is 0 Å². The van der Waals surface area contributed by atoms with Crippen LogP contribution in [0.5, 0.6) is 0 Å². The normalized spacial score (nSPS) is 15.7. The Balaban J connectivity index is 2.22. The molecule has 1 aromatic rings. The van der Waals surface area contributed by atoms with E-state index in [1.54, 1.807) is 0 Å². The summed E-state index contributed by atoms with van der Waals surface area (Å²) in [7, 11) is 0. The van der Waals surface area contributed by atoms with Crippen LogP contribution >= 0.6 is 0 Å². The molecule has 3 heteroatoms. The Bertz CT molecular complexity index is 425. The predicted molar refractivity (Wildman–Crippen MR) is 76.2 cm³/mol. The first-order valence-electron chi connectivity index (χ1n) is 7.27. The van der Waals surface area contributed by atoms with Crippen molar-refractivity contribution in [1.29, 1.82) is 0 Å². The van der Waals surface area contributed by atoms with Crippen molar-refractivity contribution in [2.75, 3.05) is 13.2 Å². The molecule has 19 heavy (non-hydrogen) atoms. The van der Waals surface area contributed by atoms with E-state index in [0.717, 1.165) is 30.4 Å². The van der Waals surface area contributed by atoms with Gasteiger partial charge in [-0.2, -0.15) is 0 Å². The highest BCUT2D eigenvalue weighted by Gasteiger charge is 2.27. The van der Waals surface area contributed by atoms with Crippen LogP contribution in [0, 0.1) is 0 Å². The van der Waals surface area contributed by atoms with Crippen molar-refractivity contribution in [3.63, 3.8) is 0 Å². The molecule has 1 amide bonds. The monoisotopic (exact) mass is 261 g/mol. The highest BCUT2D eigenvalue weighted by Crippen LogP contribution is 2.25. The molecule has 1 saturated carbocycles. The summed E-state index contributed by atoms with van der Waals surface area (Å²) in [5.41, 5.74) is 1.89. The zero-order chi connectivity index (χ0) is 13.7. The molecule has 0 aromatic heterocycles. The molecule has 1 N–H and O–H groups in total. The van der Waals surface area contributed by atoms with Crippen molar-refractivity contribution >= 4 is 5.91 Å². The third-order valence-corrected chi connectivity index (χ3v) is 4.00. The van der Waals surface area contributed by atoms with Gasteiger partial charge in [-0.05, 0) is 30.9 Å². The maximum atomic E-state index is 12.7. The van der Waals surface area contributed by atoms with Gasteiger partial charge >= 0.3 is 0 Å². The predicted octanol–water partition coefficient (Wildman–Crippen LogP) is 2.63. The third kappa shape index (κ3) is 3.16. The number of nitrogens with zero attached hydrogens (tertiary/aromatic N) is 1. The van der Waals surface area contributed by atoms with E-state index < -0.39 is 0 Å². The van der Waals surface area contributed by atoms with Crippen LogP contribution in [-0.2, 0) is 6.42 Å². The van der Waals surface area contributed by atoms with Crippen molar-refractivity contribution < 1.29 is 9.90 Å². The number of hydrogen-bond donors (Lipinski definition) is 1. The molecule has 1 aliphatic carbocycles. The first-order chi connectivity index (χ1) is 9.27. The SMILES string of the molecule is CCc1ccccc1C(=O)N(CCO)C1CCCC1. The average molecular weight is 261 g/mol. The first-order valence-corrected chi connectivity index (χ1v) is 7.27. The Hall–Kier alpha value is -1.35. The van der Waals surface area contributed by atoms with Gasteiger partial charge in [-0.1, -0.05) is 38.0 Å². The van der Waals surface area contributed by atoms with E-state index in [1.807, 2.05) is 29.2 Å². The molecular formula is C16H23NO2. The number of hydrogen-bond acceptors (Lipinski definition) is 2. The fourth-order valence-corrected chi connectivity index (χ4v) is 2.97. The molecule has 0 unspecified atom stereocenters. The molecule has 104 valence electrons. The molecule has 1 fully saturated rings. The minimum absolute atomic E-state index is 0.0382. The standard InChI is InChI=1S/C16H23NO2/c1-2-13-7-3-6-10-15(13)16(19)17(11-12-18)14-8-4-5-9-14/h3,6-7,10,14,18H,2,4-5,8-9,11-12H2,1H3. The molecule has 0 saturated heterocycles. The van der Waals surface area contributed by atoms with E-state index in [9.17, 15) is 9.90 Å². The Morgan fingerprint density at radius 1 is 1.32 bits per heavy atom. The summed E-state index contributed by atoms with van der Waals surface area (Å²) in [6, 6.07) is 8.11. The van der Waals surface area contributed by atoms with Crippen molar-refractivity contribution in [2.45, 2.75) is 45.1 Å². The van der Waals surface area contributed by atoms with E-state index >= 15 is 0 Å². The highest BCUT2D eigenvalue weighted by atomic mass is 16.3. The van der Waals surface area contributed by atoms with Gasteiger partial charge in [0, 0.05) is 18.2 Å². The Labute approximate surface area is 115 Å². The molecule has 0 radical (unpaired) electrons. The summed E-state index contributed by atoms with van der Waals surface area (Å²) in [6.45, 7) is 2.55. The van der Waals surface area contributed by atoms with Gasteiger partial charge in [-0.25, -0.2) is 0 Å². The van der Waals surface area contributed by atoms with E-state index in [4.69, 9.17) is 0 Å². The Morgan fingerprint density at radius 3 is 2.63 bits per heavy atom.